The van der Waals surface area contributed by atoms with Crippen molar-refractivity contribution in [2.24, 2.45) is 0 Å². The van der Waals surface area contributed by atoms with Gasteiger partial charge in [0.1, 0.15) is 0 Å². The summed E-state index contributed by atoms with van der Waals surface area (Å²) in [6.45, 7) is 0. The van der Waals surface area contributed by atoms with E-state index in [1.807, 2.05) is 78.1 Å². The molecule has 0 saturated carbocycles. The number of aromatic nitrogens is 2. The van der Waals surface area contributed by atoms with Gasteiger partial charge in [-0.3, -0.25) is 14.9 Å². The molecule has 0 aliphatic carbocycles. The van der Waals surface area contributed by atoms with Gasteiger partial charge < -0.3 is 0 Å². The van der Waals surface area contributed by atoms with Gasteiger partial charge in [-0.15, -0.1) is 0 Å². The van der Waals surface area contributed by atoms with Crippen LogP contribution >= 0.6 is 0 Å². The van der Waals surface area contributed by atoms with Crippen molar-refractivity contribution in [1.29, 1.82) is 0 Å². The minimum atomic E-state index is -0.329. The smallest absolute Gasteiger partial charge is 0.250 e. The summed E-state index contributed by atoms with van der Waals surface area (Å²) >= 11 is 0. The molecule has 2 amide bonds. The molecule has 1 aliphatic rings. The van der Waals surface area contributed by atoms with Crippen LogP contribution in [0.2, 0.25) is 0 Å². The number of rotatable bonds is 0. The fraction of sp³-hybridized carbons (Fsp3) is 0. The van der Waals surface area contributed by atoms with Crippen molar-refractivity contribution in [2.45, 2.75) is 0 Å². The fourth-order valence-electron chi connectivity index (χ4n) is 3.80. The van der Waals surface area contributed by atoms with Crippen molar-refractivity contribution in [3.8, 4) is 0 Å². The van der Waals surface area contributed by atoms with Crippen LogP contribution in [-0.2, 0) is 9.59 Å². The van der Waals surface area contributed by atoms with Gasteiger partial charge in [0.2, 0.25) is 0 Å². The van der Waals surface area contributed by atoms with Gasteiger partial charge in [0.25, 0.3) is 11.8 Å². The highest BCUT2D eigenvalue weighted by molar-refractivity contribution is 6.12. The minimum absolute atomic E-state index is 0.329. The molecule has 4 aromatic carbocycles. The molecular weight excluding hydrogens is 434 g/mol. The average Bonchev–Trinajstić information content (AvgIpc) is 3.29. The maximum absolute atomic E-state index is 10.0. The Morgan fingerprint density at radius 2 is 0.714 bits per heavy atom. The minimum Gasteiger partial charge on any atom is -0.289 e. The first-order valence-corrected chi connectivity index (χ1v) is 11.2. The van der Waals surface area contributed by atoms with Gasteiger partial charge in [-0.2, -0.15) is 0 Å². The normalized spacial score (nSPS) is 12.2. The Bertz CT molecular complexity index is 1390. The lowest BCUT2D eigenvalue weighted by Crippen LogP contribution is -2.19. The van der Waals surface area contributed by atoms with E-state index in [2.05, 4.69) is 46.4 Å². The van der Waals surface area contributed by atoms with Crippen molar-refractivity contribution in [2.75, 3.05) is 0 Å². The highest BCUT2D eigenvalue weighted by Crippen LogP contribution is 2.19. The Morgan fingerprint density at radius 1 is 0.429 bits per heavy atom. The molecule has 0 saturated heterocycles. The molecule has 0 radical (unpaired) electrons. The summed E-state index contributed by atoms with van der Waals surface area (Å²) in [4.78, 5) is 29.2. The van der Waals surface area contributed by atoms with Gasteiger partial charge in [-0.25, -0.2) is 9.97 Å². The van der Waals surface area contributed by atoms with E-state index in [9.17, 15) is 9.59 Å². The van der Waals surface area contributed by atoms with Crippen LogP contribution in [-0.4, -0.2) is 21.8 Å². The molecule has 35 heavy (non-hydrogen) atoms. The van der Waals surface area contributed by atoms with Crippen LogP contribution in [0.15, 0.2) is 121 Å². The maximum Gasteiger partial charge on any atom is 0.250 e. The SMILES string of the molecule is O=C1C=CC(=O)N1.c1ccc2nc3ccccc3cc2c1.c1ccc2nc3ccccc3cc2c1. The quantitative estimate of drug-likeness (QED) is 0.226. The van der Waals surface area contributed by atoms with Crippen molar-refractivity contribution in [1.82, 2.24) is 15.3 Å². The van der Waals surface area contributed by atoms with Gasteiger partial charge in [0, 0.05) is 33.7 Å². The number of fused-ring (bicyclic) bond motifs is 4. The van der Waals surface area contributed by atoms with E-state index in [0.29, 0.717) is 0 Å². The monoisotopic (exact) mass is 455 g/mol. The summed E-state index contributed by atoms with van der Waals surface area (Å²) in [5.41, 5.74) is 4.25. The zero-order chi connectivity index (χ0) is 24.0. The lowest BCUT2D eigenvalue weighted by atomic mass is 10.1. The number of pyridine rings is 2. The highest BCUT2D eigenvalue weighted by Gasteiger charge is 2.06. The average molecular weight is 456 g/mol. The van der Waals surface area contributed by atoms with E-state index in [1.165, 1.54) is 33.7 Å². The second-order valence-electron chi connectivity index (χ2n) is 7.93. The first-order chi connectivity index (χ1) is 17.2. The molecule has 168 valence electrons. The molecule has 7 rings (SSSR count). The largest absolute Gasteiger partial charge is 0.289 e. The topological polar surface area (TPSA) is 72.0 Å². The third kappa shape index (κ3) is 5.20. The van der Waals surface area contributed by atoms with E-state index < -0.39 is 0 Å². The molecule has 5 nitrogen and oxygen atoms in total. The number of nitrogens with one attached hydrogen (secondary N) is 1. The molecule has 0 unspecified atom stereocenters. The van der Waals surface area contributed by atoms with Crippen molar-refractivity contribution in [3.05, 3.63) is 121 Å². The number of amides is 2. The van der Waals surface area contributed by atoms with Gasteiger partial charge in [0.15, 0.2) is 0 Å². The first-order valence-electron chi connectivity index (χ1n) is 11.2. The van der Waals surface area contributed by atoms with Gasteiger partial charge in [-0.1, -0.05) is 72.8 Å². The molecular formula is C30H21N3O2. The molecule has 0 bridgehead atoms. The molecule has 6 aromatic rings. The third-order valence-corrected chi connectivity index (χ3v) is 5.48. The Kier molecular flexibility index (Phi) is 6.22. The Hall–Kier alpha value is -4.90. The van der Waals surface area contributed by atoms with Crippen molar-refractivity contribution >= 4 is 55.4 Å². The van der Waals surface area contributed by atoms with E-state index in [-0.39, 0.29) is 11.8 Å². The molecule has 1 N–H and O–H groups in total. The lowest BCUT2D eigenvalue weighted by molar-refractivity contribution is -0.123. The summed E-state index contributed by atoms with van der Waals surface area (Å²) in [6.07, 6.45) is 2.39. The molecule has 2 aromatic heterocycles. The first kappa shape index (κ1) is 21.9. The number of carbonyl (C=O) groups is 2. The number of hydrogen-bond donors (Lipinski definition) is 1. The Morgan fingerprint density at radius 3 is 0.971 bits per heavy atom. The molecule has 3 heterocycles. The van der Waals surface area contributed by atoms with Crippen LogP contribution in [0.25, 0.3) is 43.6 Å². The van der Waals surface area contributed by atoms with Crippen molar-refractivity contribution < 1.29 is 9.59 Å². The number of benzene rings is 4. The predicted octanol–water partition coefficient (Wildman–Crippen LogP) is 5.98. The second-order valence-corrected chi connectivity index (χ2v) is 7.93. The van der Waals surface area contributed by atoms with Gasteiger partial charge in [0.05, 0.1) is 22.1 Å². The molecule has 5 heteroatoms. The van der Waals surface area contributed by atoms with E-state index in [4.69, 9.17) is 0 Å². The lowest BCUT2D eigenvalue weighted by Gasteiger charge is -1.99. The fourth-order valence-corrected chi connectivity index (χ4v) is 3.80. The van der Waals surface area contributed by atoms with Gasteiger partial charge in [-0.05, 0) is 36.4 Å². The molecule has 0 fully saturated rings. The summed E-state index contributed by atoms with van der Waals surface area (Å²) in [6, 6.07) is 37.1. The summed E-state index contributed by atoms with van der Waals surface area (Å²) in [5.74, 6) is -0.657. The molecule has 0 spiro atoms. The summed E-state index contributed by atoms with van der Waals surface area (Å²) in [5, 5.41) is 6.83. The maximum atomic E-state index is 10.0. The van der Waals surface area contributed by atoms with E-state index in [0.717, 1.165) is 22.1 Å². The van der Waals surface area contributed by atoms with Crippen LogP contribution in [0.5, 0.6) is 0 Å². The van der Waals surface area contributed by atoms with Crippen LogP contribution in [0.3, 0.4) is 0 Å². The van der Waals surface area contributed by atoms with Crippen LogP contribution < -0.4 is 5.32 Å². The number of carbonyl (C=O) groups excluding carboxylic acids is 2. The number of para-hydroxylation sites is 4. The van der Waals surface area contributed by atoms with Gasteiger partial charge >= 0.3 is 0 Å². The van der Waals surface area contributed by atoms with Crippen LogP contribution in [0.1, 0.15) is 0 Å². The second kappa shape index (κ2) is 9.93. The van der Waals surface area contributed by atoms with E-state index in [1.54, 1.807) is 0 Å². The summed E-state index contributed by atoms with van der Waals surface area (Å²) in [7, 11) is 0. The summed E-state index contributed by atoms with van der Waals surface area (Å²) < 4.78 is 0. The van der Waals surface area contributed by atoms with Crippen LogP contribution in [0.4, 0.5) is 0 Å². The predicted molar refractivity (Wildman–Crippen MR) is 141 cm³/mol. The highest BCUT2D eigenvalue weighted by atomic mass is 16.2. The number of nitrogens with zero attached hydrogens (tertiary/aromatic N) is 2. The Balaban J connectivity index is 0.000000115. The zero-order valence-corrected chi connectivity index (χ0v) is 18.8. The molecule has 0 atom stereocenters. The molecule has 1 aliphatic heterocycles. The number of imide groups is 1. The van der Waals surface area contributed by atoms with Crippen LogP contribution in [0, 0.1) is 0 Å². The standard InChI is InChI=1S/2C13H9N.C4H3NO2/c2*1-3-7-12-10(5-1)9-11-6-2-4-8-13(11)14-12;6-3-1-2-4(7)5-3/h2*1-9H;1-2H,(H,5,6,7). The van der Waals surface area contributed by atoms with Crippen molar-refractivity contribution in [3.63, 3.8) is 0 Å². The Labute approximate surface area is 201 Å². The zero-order valence-electron chi connectivity index (χ0n) is 18.8. The number of hydrogen-bond acceptors (Lipinski definition) is 4. The third-order valence-electron chi connectivity index (χ3n) is 5.48. The van der Waals surface area contributed by atoms with E-state index >= 15 is 0 Å².